The van der Waals surface area contributed by atoms with Gasteiger partial charge in [-0.3, -0.25) is 0 Å². The van der Waals surface area contributed by atoms with Crippen LogP contribution in [0, 0.1) is 6.92 Å². The molecular formula is C14H22N2O3S. The quantitative estimate of drug-likeness (QED) is 0.812. The van der Waals surface area contributed by atoms with E-state index in [1.165, 1.54) is 0 Å². The fourth-order valence-electron chi connectivity index (χ4n) is 2.44. The Morgan fingerprint density at radius 2 is 2.20 bits per heavy atom. The number of anilines is 1. The summed E-state index contributed by atoms with van der Waals surface area (Å²) in [6.07, 6.45) is 4.18. The molecule has 112 valence electrons. The van der Waals surface area contributed by atoms with E-state index in [-0.39, 0.29) is 11.0 Å². The van der Waals surface area contributed by atoms with Crippen LogP contribution in [-0.2, 0) is 14.8 Å². The van der Waals surface area contributed by atoms with E-state index in [0.717, 1.165) is 25.9 Å². The zero-order chi connectivity index (χ0) is 14.6. The van der Waals surface area contributed by atoms with Crippen LogP contribution in [0.5, 0.6) is 0 Å². The van der Waals surface area contributed by atoms with Crippen molar-refractivity contribution in [2.45, 2.75) is 43.6 Å². The van der Waals surface area contributed by atoms with E-state index in [4.69, 9.17) is 10.5 Å². The van der Waals surface area contributed by atoms with Gasteiger partial charge in [0, 0.05) is 18.8 Å². The maximum atomic E-state index is 12.2. The van der Waals surface area contributed by atoms with Crippen molar-refractivity contribution in [1.82, 2.24) is 4.72 Å². The lowest BCUT2D eigenvalue weighted by molar-refractivity contribution is 0.0123. The summed E-state index contributed by atoms with van der Waals surface area (Å²) in [5.74, 6) is 0. The third-order valence-electron chi connectivity index (χ3n) is 3.52. The van der Waals surface area contributed by atoms with Crippen LogP contribution in [0.4, 0.5) is 5.69 Å². The summed E-state index contributed by atoms with van der Waals surface area (Å²) in [6, 6.07) is 4.81. The molecule has 0 bridgehead atoms. The minimum Gasteiger partial charge on any atom is -0.399 e. The summed E-state index contributed by atoms with van der Waals surface area (Å²) in [4.78, 5) is 0.288. The van der Waals surface area contributed by atoms with Gasteiger partial charge in [-0.1, -0.05) is 0 Å². The predicted molar refractivity (Wildman–Crippen MR) is 79.0 cm³/mol. The van der Waals surface area contributed by atoms with Crippen LogP contribution in [-0.4, -0.2) is 27.7 Å². The van der Waals surface area contributed by atoms with Crippen molar-refractivity contribution in [2.75, 3.05) is 18.9 Å². The molecule has 0 radical (unpaired) electrons. The molecule has 0 aromatic heterocycles. The SMILES string of the molecule is Cc1cc(N)ccc1S(=O)(=O)NCCC1CCCCO1. The molecule has 0 spiro atoms. The van der Waals surface area contributed by atoms with Gasteiger partial charge in [-0.2, -0.15) is 0 Å². The molecule has 0 aliphatic carbocycles. The van der Waals surface area contributed by atoms with Gasteiger partial charge in [0.05, 0.1) is 11.0 Å². The Kier molecular flexibility index (Phi) is 5.01. The Labute approximate surface area is 120 Å². The first-order chi connectivity index (χ1) is 9.49. The summed E-state index contributed by atoms with van der Waals surface area (Å²) in [7, 11) is -3.47. The van der Waals surface area contributed by atoms with E-state index in [1.54, 1.807) is 25.1 Å². The maximum Gasteiger partial charge on any atom is 0.240 e. The standard InChI is InChI=1S/C14H22N2O3S/c1-11-10-12(15)5-6-14(11)20(17,18)16-8-7-13-4-2-3-9-19-13/h5-6,10,13,16H,2-4,7-9,15H2,1H3. The lowest BCUT2D eigenvalue weighted by Gasteiger charge is -2.22. The molecule has 20 heavy (non-hydrogen) atoms. The van der Waals surface area contributed by atoms with Crippen molar-refractivity contribution in [3.05, 3.63) is 23.8 Å². The number of nitrogens with one attached hydrogen (secondary N) is 1. The lowest BCUT2D eigenvalue weighted by Crippen LogP contribution is -2.29. The third kappa shape index (κ3) is 3.94. The zero-order valence-electron chi connectivity index (χ0n) is 11.8. The fraction of sp³-hybridized carbons (Fsp3) is 0.571. The molecule has 3 N–H and O–H groups in total. The average molecular weight is 298 g/mol. The Morgan fingerprint density at radius 1 is 1.40 bits per heavy atom. The summed E-state index contributed by atoms with van der Waals surface area (Å²) in [5.41, 5.74) is 6.86. The minimum atomic E-state index is -3.47. The Balaban J connectivity index is 1.93. The predicted octanol–water partition coefficient (Wildman–Crippen LogP) is 1.81. The monoisotopic (exact) mass is 298 g/mol. The van der Waals surface area contributed by atoms with Crippen molar-refractivity contribution in [2.24, 2.45) is 0 Å². The average Bonchev–Trinajstić information content (AvgIpc) is 2.39. The maximum absolute atomic E-state index is 12.2. The number of nitrogen functional groups attached to an aromatic ring is 1. The van der Waals surface area contributed by atoms with Crippen LogP contribution in [0.25, 0.3) is 0 Å². The van der Waals surface area contributed by atoms with Gasteiger partial charge < -0.3 is 10.5 Å². The second-order valence-electron chi connectivity index (χ2n) is 5.20. The molecule has 1 heterocycles. The van der Waals surface area contributed by atoms with Gasteiger partial charge >= 0.3 is 0 Å². The number of aryl methyl sites for hydroxylation is 1. The van der Waals surface area contributed by atoms with Gasteiger partial charge in [-0.25, -0.2) is 13.1 Å². The molecule has 5 nitrogen and oxygen atoms in total. The third-order valence-corrected chi connectivity index (χ3v) is 5.14. The number of benzene rings is 1. The number of nitrogens with two attached hydrogens (primary N) is 1. The molecule has 1 atom stereocenters. The first-order valence-electron chi connectivity index (χ1n) is 6.96. The van der Waals surface area contributed by atoms with Gasteiger partial charge in [0.1, 0.15) is 0 Å². The van der Waals surface area contributed by atoms with Crippen LogP contribution in [0.15, 0.2) is 23.1 Å². The first kappa shape index (κ1) is 15.3. The molecule has 1 aliphatic rings. The summed E-state index contributed by atoms with van der Waals surface area (Å²) < 4.78 is 32.6. The van der Waals surface area contributed by atoms with Crippen molar-refractivity contribution in [3.8, 4) is 0 Å². The number of rotatable bonds is 5. The Morgan fingerprint density at radius 3 is 2.85 bits per heavy atom. The number of hydrogen-bond acceptors (Lipinski definition) is 4. The number of hydrogen-bond donors (Lipinski definition) is 2. The second-order valence-corrected chi connectivity index (χ2v) is 6.94. The van der Waals surface area contributed by atoms with E-state index in [9.17, 15) is 8.42 Å². The van der Waals surface area contributed by atoms with E-state index >= 15 is 0 Å². The zero-order valence-corrected chi connectivity index (χ0v) is 12.6. The highest BCUT2D eigenvalue weighted by Gasteiger charge is 2.18. The molecule has 1 fully saturated rings. The molecule has 6 heteroatoms. The first-order valence-corrected chi connectivity index (χ1v) is 8.45. The second kappa shape index (κ2) is 6.56. The van der Waals surface area contributed by atoms with Crippen molar-refractivity contribution in [3.63, 3.8) is 0 Å². The van der Waals surface area contributed by atoms with Crippen molar-refractivity contribution < 1.29 is 13.2 Å². The van der Waals surface area contributed by atoms with Gasteiger partial charge in [0.25, 0.3) is 0 Å². The van der Waals surface area contributed by atoms with Crippen molar-refractivity contribution in [1.29, 1.82) is 0 Å². The van der Waals surface area contributed by atoms with E-state index in [1.807, 2.05) is 0 Å². The fourth-order valence-corrected chi connectivity index (χ4v) is 3.71. The normalized spacial score (nSPS) is 19.9. The van der Waals surface area contributed by atoms with Crippen LogP contribution in [0.3, 0.4) is 0 Å². The molecule has 1 aliphatic heterocycles. The molecule has 1 aromatic rings. The molecule has 1 aromatic carbocycles. The summed E-state index contributed by atoms with van der Waals surface area (Å²) >= 11 is 0. The van der Waals surface area contributed by atoms with Crippen LogP contribution in [0.2, 0.25) is 0 Å². The Hall–Kier alpha value is -1.11. The van der Waals surface area contributed by atoms with Crippen LogP contribution < -0.4 is 10.5 Å². The molecular weight excluding hydrogens is 276 g/mol. The van der Waals surface area contributed by atoms with Gasteiger partial charge in [0.2, 0.25) is 10.0 Å². The minimum absolute atomic E-state index is 0.180. The van der Waals surface area contributed by atoms with E-state index < -0.39 is 10.0 Å². The molecule has 1 saturated heterocycles. The number of ether oxygens (including phenoxy) is 1. The molecule has 2 rings (SSSR count). The van der Waals surface area contributed by atoms with Gasteiger partial charge in [-0.15, -0.1) is 0 Å². The molecule has 0 amide bonds. The lowest BCUT2D eigenvalue weighted by atomic mass is 10.1. The van der Waals surface area contributed by atoms with E-state index in [0.29, 0.717) is 24.2 Å². The van der Waals surface area contributed by atoms with Crippen LogP contribution >= 0.6 is 0 Å². The van der Waals surface area contributed by atoms with Gasteiger partial charge in [0.15, 0.2) is 0 Å². The highest BCUT2D eigenvalue weighted by atomic mass is 32.2. The van der Waals surface area contributed by atoms with Crippen LogP contribution in [0.1, 0.15) is 31.2 Å². The number of sulfonamides is 1. The highest BCUT2D eigenvalue weighted by molar-refractivity contribution is 7.89. The topological polar surface area (TPSA) is 81.4 Å². The molecule has 0 saturated carbocycles. The summed E-state index contributed by atoms with van der Waals surface area (Å²) in [5, 5.41) is 0. The van der Waals surface area contributed by atoms with Crippen molar-refractivity contribution >= 4 is 15.7 Å². The summed E-state index contributed by atoms with van der Waals surface area (Å²) in [6.45, 7) is 2.93. The Bertz CT molecular complexity index is 552. The van der Waals surface area contributed by atoms with Gasteiger partial charge in [-0.05, 0) is 56.4 Å². The van der Waals surface area contributed by atoms with E-state index in [2.05, 4.69) is 4.72 Å². The molecule has 1 unspecified atom stereocenters. The smallest absolute Gasteiger partial charge is 0.240 e. The highest BCUT2D eigenvalue weighted by Crippen LogP contribution is 2.18. The largest absolute Gasteiger partial charge is 0.399 e.